The maximum absolute atomic E-state index is 11.6. The van der Waals surface area contributed by atoms with E-state index in [4.69, 9.17) is 11.5 Å². The lowest BCUT2D eigenvalue weighted by atomic mass is 9.61. The molecule has 7 heteroatoms. The molecule has 8 unspecified atom stereocenters. The Morgan fingerprint density at radius 2 is 1.89 bits per heavy atom. The van der Waals surface area contributed by atoms with E-state index in [-0.39, 0.29) is 46.5 Å². The monoisotopic (exact) mass is 409 g/mol. The van der Waals surface area contributed by atoms with Gasteiger partial charge in [0.25, 0.3) is 0 Å². The predicted molar refractivity (Wildman–Crippen MR) is 111 cm³/mol. The molecule has 2 heterocycles. The van der Waals surface area contributed by atoms with Crippen LogP contribution < -0.4 is 11.5 Å². The van der Waals surface area contributed by atoms with Crippen molar-refractivity contribution in [1.29, 1.82) is 0 Å². The van der Waals surface area contributed by atoms with Gasteiger partial charge in [-0.15, -0.1) is 0 Å². The molecule has 0 bridgehead atoms. The zero-order valence-corrected chi connectivity index (χ0v) is 18.4. The van der Waals surface area contributed by atoms with Gasteiger partial charge in [-0.25, -0.2) is 8.42 Å². The van der Waals surface area contributed by atoms with E-state index >= 15 is 0 Å². The Hall–Kier alpha value is -0.890. The minimum atomic E-state index is -2.94. The summed E-state index contributed by atoms with van der Waals surface area (Å²) in [7, 11) is -2.94. The van der Waals surface area contributed by atoms with Gasteiger partial charge < -0.3 is 21.5 Å². The number of aliphatic hydroxyl groups excluding tert-OH is 1. The third-order valence-corrected chi connectivity index (χ3v) is 10.5. The summed E-state index contributed by atoms with van der Waals surface area (Å²) in [6.07, 6.45) is 4.29. The van der Waals surface area contributed by atoms with Crippen molar-refractivity contribution in [2.45, 2.75) is 64.9 Å². The molecule has 1 saturated carbocycles. The summed E-state index contributed by atoms with van der Waals surface area (Å²) in [6.45, 7) is 10.7. The first-order chi connectivity index (χ1) is 12.8. The molecule has 1 spiro atoms. The first-order valence-electron chi connectivity index (χ1n) is 10.4. The molecule has 2 fully saturated rings. The van der Waals surface area contributed by atoms with Gasteiger partial charge in [0.05, 0.1) is 29.8 Å². The van der Waals surface area contributed by atoms with Gasteiger partial charge in [0.15, 0.2) is 9.84 Å². The Bertz CT molecular complexity index is 837. The molecular weight excluding hydrogens is 374 g/mol. The van der Waals surface area contributed by atoms with Gasteiger partial charge in [-0.3, -0.25) is 0 Å². The second-order valence-electron chi connectivity index (χ2n) is 10.2. The molecule has 4 rings (SSSR count). The van der Waals surface area contributed by atoms with Crippen molar-refractivity contribution in [3.05, 3.63) is 23.4 Å². The van der Waals surface area contributed by atoms with Crippen molar-refractivity contribution in [2.24, 2.45) is 40.6 Å². The lowest BCUT2D eigenvalue weighted by Crippen LogP contribution is -2.59. The number of aliphatic hydroxyl groups is 1. The van der Waals surface area contributed by atoms with E-state index in [0.29, 0.717) is 11.8 Å². The van der Waals surface area contributed by atoms with Crippen molar-refractivity contribution in [2.75, 3.05) is 11.5 Å². The first kappa shape index (κ1) is 20.4. The lowest BCUT2D eigenvalue weighted by molar-refractivity contribution is 0.0541. The Kier molecular flexibility index (Phi) is 4.41. The Labute approximate surface area is 168 Å². The number of hydrogen-bond acceptors (Lipinski definition) is 6. The summed E-state index contributed by atoms with van der Waals surface area (Å²) in [4.78, 5) is 2.06. The van der Waals surface area contributed by atoms with Gasteiger partial charge in [-0.05, 0) is 50.5 Å². The number of nitrogens with two attached hydrogens (primary N) is 2. The highest BCUT2D eigenvalue weighted by molar-refractivity contribution is 7.92. The molecule has 0 aromatic rings. The summed E-state index contributed by atoms with van der Waals surface area (Å²) in [6, 6.07) is -0.117. The molecule has 28 heavy (non-hydrogen) atoms. The van der Waals surface area contributed by atoms with Crippen LogP contribution in [0.1, 0.15) is 41.0 Å². The number of nitrogens with zero attached hydrogens (tertiary/aromatic N) is 1. The topological polar surface area (TPSA) is 110 Å². The molecular formula is C21H35N3O3S. The normalized spacial score (nSPS) is 48.9. The quantitative estimate of drug-likeness (QED) is 0.605. The summed E-state index contributed by atoms with van der Waals surface area (Å²) >= 11 is 0. The maximum atomic E-state index is 11.6. The third-order valence-electron chi connectivity index (χ3n) is 8.64. The fraction of sp³-hybridized carbons (Fsp3) is 0.810. The summed E-state index contributed by atoms with van der Waals surface area (Å²) < 4.78 is 23.3. The van der Waals surface area contributed by atoms with Gasteiger partial charge >= 0.3 is 0 Å². The van der Waals surface area contributed by atoms with Crippen LogP contribution in [0, 0.1) is 29.1 Å². The molecule has 0 radical (unpaired) electrons. The number of sulfone groups is 1. The molecule has 0 aromatic heterocycles. The average molecular weight is 410 g/mol. The van der Waals surface area contributed by atoms with Crippen LogP contribution in [0.25, 0.3) is 0 Å². The Morgan fingerprint density at radius 1 is 1.29 bits per heavy atom. The van der Waals surface area contributed by atoms with Gasteiger partial charge in [0.1, 0.15) is 0 Å². The number of hydrogen-bond donors (Lipinski definition) is 3. The van der Waals surface area contributed by atoms with Crippen molar-refractivity contribution in [3.63, 3.8) is 0 Å². The summed E-state index contributed by atoms with van der Waals surface area (Å²) in [5, 5.41) is 11.0. The Morgan fingerprint density at radius 3 is 2.46 bits per heavy atom. The highest BCUT2D eigenvalue weighted by atomic mass is 32.2. The van der Waals surface area contributed by atoms with E-state index < -0.39 is 15.9 Å². The van der Waals surface area contributed by atoms with Crippen molar-refractivity contribution in [3.8, 4) is 0 Å². The number of allylic oxidation sites excluding steroid dienone is 1. The second-order valence-corrected chi connectivity index (χ2v) is 12.3. The predicted octanol–water partition coefficient (Wildman–Crippen LogP) is 1.22. The van der Waals surface area contributed by atoms with E-state index in [0.717, 1.165) is 12.0 Å². The maximum Gasteiger partial charge on any atom is 0.151 e. The molecule has 5 N–H and O–H groups in total. The van der Waals surface area contributed by atoms with E-state index in [1.54, 1.807) is 0 Å². The zero-order chi connectivity index (χ0) is 20.8. The van der Waals surface area contributed by atoms with Crippen LogP contribution in [0.2, 0.25) is 0 Å². The minimum Gasteiger partial charge on any atom is -0.387 e. The Balaban J connectivity index is 1.62. The van der Waals surface area contributed by atoms with Crippen LogP contribution >= 0.6 is 0 Å². The minimum absolute atomic E-state index is 0.0101. The van der Waals surface area contributed by atoms with Crippen LogP contribution in [-0.4, -0.2) is 53.8 Å². The largest absolute Gasteiger partial charge is 0.387 e. The molecule has 158 valence electrons. The third kappa shape index (κ3) is 2.66. The highest BCUT2D eigenvalue weighted by Gasteiger charge is 2.68. The van der Waals surface area contributed by atoms with Gasteiger partial charge in [0, 0.05) is 23.1 Å². The summed E-state index contributed by atoms with van der Waals surface area (Å²) in [5.41, 5.74) is 15.2. The molecule has 0 amide bonds. The molecule has 1 saturated heterocycles. The van der Waals surface area contributed by atoms with Crippen LogP contribution in [0.4, 0.5) is 0 Å². The summed E-state index contributed by atoms with van der Waals surface area (Å²) in [5.74, 6) is 1.08. The highest BCUT2D eigenvalue weighted by Crippen LogP contribution is 2.69. The van der Waals surface area contributed by atoms with Gasteiger partial charge in [-0.2, -0.15) is 0 Å². The molecule has 4 aliphatic rings. The zero-order valence-electron chi connectivity index (χ0n) is 17.6. The average Bonchev–Trinajstić information content (AvgIpc) is 3.24. The lowest BCUT2D eigenvalue weighted by Gasteiger charge is -2.48. The van der Waals surface area contributed by atoms with Crippen LogP contribution in [-0.2, 0) is 9.84 Å². The van der Waals surface area contributed by atoms with Crippen LogP contribution in [0.15, 0.2) is 23.4 Å². The standard InChI is InChI=1S/C21H35N3O3S/c1-11-8-24(19(22)15-9-28(26,27)10-15)17(18(11)25)16-7-21(16)13(3)6-12(2)20(5,23)14(21)4/h6,8,12,14-19,25H,7,9-10,22-23H2,1-5H3. The van der Waals surface area contributed by atoms with Gasteiger partial charge in [0.2, 0.25) is 0 Å². The molecule has 2 aliphatic heterocycles. The van der Waals surface area contributed by atoms with E-state index in [2.05, 4.69) is 38.7 Å². The molecule has 8 atom stereocenters. The van der Waals surface area contributed by atoms with Crippen molar-refractivity contribution in [1.82, 2.24) is 4.90 Å². The van der Waals surface area contributed by atoms with Crippen molar-refractivity contribution < 1.29 is 13.5 Å². The van der Waals surface area contributed by atoms with E-state index in [9.17, 15) is 13.5 Å². The smallest absolute Gasteiger partial charge is 0.151 e. The van der Waals surface area contributed by atoms with Crippen LogP contribution in [0.3, 0.4) is 0 Å². The van der Waals surface area contributed by atoms with E-state index in [1.165, 1.54) is 5.57 Å². The number of rotatable bonds is 3. The molecule has 6 nitrogen and oxygen atoms in total. The van der Waals surface area contributed by atoms with E-state index in [1.807, 2.05) is 13.1 Å². The van der Waals surface area contributed by atoms with Gasteiger partial charge in [-0.1, -0.05) is 25.5 Å². The SMILES string of the molecule is CC1=CN(C(N)C2CS(=O)(=O)C2)C(C2CC23C(C)=CC(C)C(C)(N)C3C)C1O. The van der Waals surface area contributed by atoms with Crippen LogP contribution in [0.5, 0.6) is 0 Å². The van der Waals surface area contributed by atoms with Crippen molar-refractivity contribution >= 4 is 9.84 Å². The second kappa shape index (κ2) is 6.06. The fourth-order valence-electron chi connectivity index (χ4n) is 6.27. The fourth-order valence-corrected chi connectivity index (χ4v) is 7.87. The molecule has 2 aliphatic carbocycles. The molecule has 0 aromatic carbocycles. The first-order valence-corrected chi connectivity index (χ1v) is 12.2.